The Morgan fingerprint density at radius 1 is 0.909 bits per heavy atom. The van der Waals surface area contributed by atoms with E-state index in [0.717, 1.165) is 11.1 Å². The number of phenolic OH excluding ortho intramolecular Hbond substituents is 1. The van der Waals surface area contributed by atoms with E-state index in [2.05, 4.69) is 10.6 Å². The molecule has 2 aromatic carbocycles. The van der Waals surface area contributed by atoms with Gasteiger partial charge in [0.2, 0.25) is 0 Å². The number of carbonyl (C=O) groups excluding carboxylic acids is 2. The molecule has 0 aromatic heterocycles. The summed E-state index contributed by atoms with van der Waals surface area (Å²) < 4.78 is 0. The van der Waals surface area contributed by atoms with Crippen molar-refractivity contribution >= 4 is 28.9 Å². The van der Waals surface area contributed by atoms with Gasteiger partial charge in [0, 0.05) is 0 Å². The molecule has 2 rings (SSSR count). The number of aryl methyl sites for hydroxylation is 2. The van der Waals surface area contributed by atoms with Crippen molar-refractivity contribution in [1.29, 1.82) is 0 Å². The minimum absolute atomic E-state index is 0.101. The van der Waals surface area contributed by atoms with E-state index in [-0.39, 0.29) is 11.4 Å². The third-order valence-electron chi connectivity index (χ3n) is 3.06. The van der Waals surface area contributed by atoms with E-state index < -0.39 is 11.8 Å². The second-order valence-corrected chi connectivity index (χ2v) is 5.02. The van der Waals surface area contributed by atoms with Gasteiger partial charge in [0.05, 0.1) is 17.1 Å². The van der Waals surface area contributed by atoms with Crippen LogP contribution in [-0.2, 0) is 9.59 Å². The first-order valence-corrected chi connectivity index (χ1v) is 6.65. The summed E-state index contributed by atoms with van der Waals surface area (Å²) in [6.45, 7) is 3.67. The summed E-state index contributed by atoms with van der Waals surface area (Å²) in [5.41, 5.74) is 8.47. The van der Waals surface area contributed by atoms with Crippen LogP contribution in [0.3, 0.4) is 0 Å². The summed E-state index contributed by atoms with van der Waals surface area (Å²) in [7, 11) is 0. The first kappa shape index (κ1) is 15.4. The average Bonchev–Trinajstić information content (AvgIpc) is 2.44. The summed E-state index contributed by atoms with van der Waals surface area (Å²) in [6.07, 6.45) is 0. The molecule has 22 heavy (non-hydrogen) atoms. The zero-order valence-corrected chi connectivity index (χ0v) is 12.3. The van der Waals surface area contributed by atoms with Crippen LogP contribution >= 0.6 is 0 Å². The van der Waals surface area contributed by atoms with Gasteiger partial charge in [0.25, 0.3) is 0 Å². The molecule has 0 fully saturated rings. The van der Waals surface area contributed by atoms with Gasteiger partial charge in [-0.3, -0.25) is 9.59 Å². The van der Waals surface area contributed by atoms with Crippen molar-refractivity contribution in [1.82, 2.24) is 0 Å². The molecule has 0 saturated heterocycles. The maximum atomic E-state index is 11.9. The molecule has 0 unspecified atom stereocenters. The van der Waals surface area contributed by atoms with Crippen LogP contribution in [0.25, 0.3) is 0 Å². The van der Waals surface area contributed by atoms with Gasteiger partial charge in [-0.25, -0.2) is 0 Å². The Labute approximate surface area is 128 Å². The van der Waals surface area contributed by atoms with Gasteiger partial charge < -0.3 is 21.5 Å². The number of nitrogens with one attached hydrogen (secondary N) is 2. The molecule has 114 valence electrons. The van der Waals surface area contributed by atoms with Gasteiger partial charge in [-0.15, -0.1) is 0 Å². The molecule has 0 aliphatic rings. The number of hydrogen-bond acceptors (Lipinski definition) is 4. The van der Waals surface area contributed by atoms with E-state index in [1.165, 1.54) is 12.1 Å². The van der Waals surface area contributed by atoms with Gasteiger partial charge in [-0.05, 0) is 49.2 Å². The number of nitrogens with two attached hydrogens (primary N) is 1. The Balaban J connectivity index is 2.07. The zero-order valence-electron chi connectivity index (χ0n) is 12.3. The largest absolute Gasteiger partial charge is 0.506 e. The molecular weight excluding hydrogens is 282 g/mol. The average molecular weight is 299 g/mol. The molecule has 0 radical (unpaired) electrons. The van der Waals surface area contributed by atoms with E-state index in [9.17, 15) is 14.7 Å². The van der Waals surface area contributed by atoms with Crippen molar-refractivity contribution in [3.05, 3.63) is 47.5 Å². The monoisotopic (exact) mass is 299 g/mol. The number of anilines is 3. The Bertz CT molecular complexity index is 678. The molecule has 0 aliphatic carbocycles. The predicted octanol–water partition coefficient (Wildman–Crippen LogP) is 2.17. The summed E-state index contributed by atoms with van der Waals surface area (Å²) in [4.78, 5) is 23.7. The third kappa shape index (κ3) is 3.54. The van der Waals surface area contributed by atoms with E-state index in [1.54, 1.807) is 31.2 Å². The normalized spacial score (nSPS) is 10.1. The van der Waals surface area contributed by atoms with Crippen molar-refractivity contribution in [3.8, 4) is 5.75 Å². The number of aromatic hydroxyl groups is 1. The fourth-order valence-corrected chi connectivity index (χ4v) is 1.90. The molecule has 0 saturated carbocycles. The van der Waals surface area contributed by atoms with Gasteiger partial charge in [0.1, 0.15) is 5.75 Å². The maximum Gasteiger partial charge on any atom is 0.314 e. The number of amides is 2. The standard InChI is InChI=1S/C16H17N3O3/c1-9-3-5-12(11(17)7-9)18-15(21)16(22)19-13-6-4-10(2)8-14(13)20/h3-8,20H,17H2,1-2H3,(H,18,21)(H,19,22). The highest BCUT2D eigenvalue weighted by atomic mass is 16.3. The van der Waals surface area contributed by atoms with E-state index >= 15 is 0 Å². The number of carbonyl (C=O) groups is 2. The molecule has 2 amide bonds. The smallest absolute Gasteiger partial charge is 0.314 e. The highest BCUT2D eigenvalue weighted by molar-refractivity contribution is 6.44. The number of hydrogen-bond donors (Lipinski definition) is 4. The van der Waals surface area contributed by atoms with Crippen LogP contribution in [0.15, 0.2) is 36.4 Å². The maximum absolute atomic E-state index is 11.9. The van der Waals surface area contributed by atoms with Crippen LogP contribution in [0.2, 0.25) is 0 Å². The van der Waals surface area contributed by atoms with Crippen molar-refractivity contribution < 1.29 is 14.7 Å². The minimum atomic E-state index is -0.890. The summed E-state index contributed by atoms with van der Waals surface area (Å²) in [6, 6.07) is 9.82. The topological polar surface area (TPSA) is 104 Å². The fourth-order valence-electron chi connectivity index (χ4n) is 1.90. The first-order chi connectivity index (χ1) is 10.4. The number of nitrogen functional groups attached to an aromatic ring is 1. The Hall–Kier alpha value is -3.02. The van der Waals surface area contributed by atoms with Gasteiger partial charge in [-0.2, -0.15) is 0 Å². The minimum Gasteiger partial charge on any atom is -0.506 e. The molecule has 0 bridgehead atoms. The van der Waals surface area contributed by atoms with E-state index in [4.69, 9.17) is 5.73 Å². The van der Waals surface area contributed by atoms with Crippen LogP contribution in [0.1, 0.15) is 11.1 Å². The van der Waals surface area contributed by atoms with Gasteiger partial charge in [-0.1, -0.05) is 12.1 Å². The predicted molar refractivity (Wildman–Crippen MR) is 85.7 cm³/mol. The molecule has 0 aliphatic heterocycles. The quantitative estimate of drug-likeness (QED) is 0.387. The molecule has 6 heteroatoms. The molecule has 2 aromatic rings. The van der Waals surface area contributed by atoms with Crippen LogP contribution in [0.4, 0.5) is 17.1 Å². The SMILES string of the molecule is Cc1ccc(NC(=O)C(=O)Nc2ccc(C)cc2O)c(N)c1. The fraction of sp³-hybridized carbons (Fsp3) is 0.125. The molecule has 0 spiro atoms. The van der Waals surface area contributed by atoms with Crippen LogP contribution in [-0.4, -0.2) is 16.9 Å². The van der Waals surface area contributed by atoms with Crippen LogP contribution < -0.4 is 16.4 Å². The van der Waals surface area contributed by atoms with Crippen molar-refractivity contribution in [3.63, 3.8) is 0 Å². The number of benzene rings is 2. The number of rotatable bonds is 2. The van der Waals surface area contributed by atoms with Crippen molar-refractivity contribution in [2.24, 2.45) is 0 Å². The molecule has 0 atom stereocenters. The molecule has 5 N–H and O–H groups in total. The molecule has 0 heterocycles. The summed E-state index contributed by atoms with van der Waals surface area (Å²) in [5, 5.41) is 14.5. The lowest BCUT2D eigenvalue weighted by Crippen LogP contribution is -2.29. The lowest BCUT2D eigenvalue weighted by Gasteiger charge is -2.10. The van der Waals surface area contributed by atoms with E-state index in [0.29, 0.717) is 11.4 Å². The second kappa shape index (κ2) is 6.17. The Morgan fingerprint density at radius 3 is 1.95 bits per heavy atom. The lowest BCUT2D eigenvalue weighted by atomic mass is 10.2. The molecular formula is C16H17N3O3. The van der Waals surface area contributed by atoms with Crippen LogP contribution in [0, 0.1) is 13.8 Å². The highest BCUT2D eigenvalue weighted by Crippen LogP contribution is 2.24. The van der Waals surface area contributed by atoms with Gasteiger partial charge in [0.15, 0.2) is 0 Å². The Kier molecular flexibility index (Phi) is 4.31. The first-order valence-electron chi connectivity index (χ1n) is 6.65. The van der Waals surface area contributed by atoms with Crippen LogP contribution in [0.5, 0.6) is 5.75 Å². The second-order valence-electron chi connectivity index (χ2n) is 5.02. The summed E-state index contributed by atoms with van der Waals surface area (Å²) in [5.74, 6) is -1.86. The van der Waals surface area contributed by atoms with Gasteiger partial charge >= 0.3 is 11.8 Å². The number of phenols is 1. The lowest BCUT2D eigenvalue weighted by molar-refractivity contribution is -0.133. The summed E-state index contributed by atoms with van der Waals surface area (Å²) >= 11 is 0. The third-order valence-corrected chi connectivity index (χ3v) is 3.06. The van der Waals surface area contributed by atoms with E-state index in [1.807, 2.05) is 6.92 Å². The highest BCUT2D eigenvalue weighted by Gasteiger charge is 2.16. The zero-order chi connectivity index (χ0) is 16.3. The van der Waals surface area contributed by atoms with Crippen molar-refractivity contribution in [2.75, 3.05) is 16.4 Å². The molecule has 6 nitrogen and oxygen atoms in total. The Morgan fingerprint density at radius 2 is 1.41 bits per heavy atom. The van der Waals surface area contributed by atoms with Crippen molar-refractivity contribution in [2.45, 2.75) is 13.8 Å².